The highest BCUT2D eigenvalue weighted by Crippen LogP contribution is 2.31. The van der Waals surface area contributed by atoms with Crippen LogP contribution in [0.3, 0.4) is 0 Å². The van der Waals surface area contributed by atoms with Gasteiger partial charge in [0.05, 0.1) is 34.8 Å². The van der Waals surface area contributed by atoms with E-state index in [1.807, 2.05) is 9.19 Å². The highest BCUT2D eigenvalue weighted by Gasteiger charge is 2.28. The predicted octanol–water partition coefficient (Wildman–Crippen LogP) is 1.88. The van der Waals surface area contributed by atoms with Gasteiger partial charge in [0.25, 0.3) is 0 Å². The fourth-order valence-corrected chi connectivity index (χ4v) is 2.25. The zero-order valence-corrected chi connectivity index (χ0v) is 10.9. The predicted molar refractivity (Wildman–Crippen MR) is 67.2 cm³/mol. The molecule has 4 nitrogen and oxygen atoms in total. The second-order valence-corrected chi connectivity index (χ2v) is 4.97. The van der Waals surface area contributed by atoms with Gasteiger partial charge in [-0.05, 0) is 19.9 Å². The minimum atomic E-state index is 0.423. The molecule has 2 heterocycles. The average Bonchev–Trinajstić information content (AvgIpc) is 2.23. The van der Waals surface area contributed by atoms with Gasteiger partial charge in [-0.1, -0.05) is 0 Å². The van der Waals surface area contributed by atoms with Crippen LogP contribution in [0.2, 0.25) is 0 Å². The highest BCUT2D eigenvalue weighted by molar-refractivity contribution is 14.1. The number of hydrogen-bond acceptors (Lipinski definition) is 4. The zero-order chi connectivity index (χ0) is 11.0. The van der Waals surface area contributed by atoms with Crippen LogP contribution in [0.15, 0.2) is 35.7 Å². The Morgan fingerprint density at radius 1 is 1.53 bits per heavy atom. The van der Waals surface area contributed by atoms with Crippen molar-refractivity contribution >= 4 is 22.9 Å². The van der Waals surface area contributed by atoms with E-state index in [4.69, 9.17) is 10.5 Å². The van der Waals surface area contributed by atoms with Crippen LogP contribution in [0.5, 0.6) is 0 Å². The van der Waals surface area contributed by atoms with E-state index >= 15 is 0 Å². The molecule has 0 fully saturated rings. The number of ether oxygens (including phenoxy) is 1. The lowest BCUT2D eigenvalue weighted by molar-refractivity contribution is 0.213. The van der Waals surface area contributed by atoms with Crippen LogP contribution in [-0.2, 0) is 4.74 Å². The summed E-state index contributed by atoms with van der Waals surface area (Å²) in [5, 5.41) is 0. The summed E-state index contributed by atoms with van der Waals surface area (Å²) < 4.78 is 7.22. The third-order valence-corrected chi connectivity index (χ3v) is 3.34. The van der Waals surface area contributed by atoms with Crippen molar-refractivity contribution in [2.75, 3.05) is 6.67 Å². The number of hydrogen-bond donors (Lipinski definition) is 1. The van der Waals surface area contributed by atoms with Crippen molar-refractivity contribution < 1.29 is 4.74 Å². The van der Waals surface area contributed by atoms with Crippen LogP contribution in [-0.4, -0.2) is 20.7 Å². The number of allylic oxidation sites excluding steroid dienone is 1. The fraction of sp³-hybridized carbons (Fsp3) is 0.400. The summed E-state index contributed by atoms with van der Waals surface area (Å²) in [4.78, 5) is 2.25. The Balaban J connectivity index is 2.42. The van der Waals surface area contributed by atoms with Crippen LogP contribution < -0.4 is 5.73 Å². The molecule has 0 unspecified atom stereocenters. The van der Waals surface area contributed by atoms with Crippen LogP contribution in [0.25, 0.3) is 0 Å². The first kappa shape index (κ1) is 10.7. The first-order valence-electron chi connectivity index (χ1n) is 4.83. The van der Waals surface area contributed by atoms with Crippen molar-refractivity contribution in [3.8, 4) is 0 Å². The van der Waals surface area contributed by atoms with Gasteiger partial charge >= 0.3 is 0 Å². The smallest absolute Gasteiger partial charge is 0.119 e. The lowest BCUT2D eigenvalue weighted by Gasteiger charge is -2.40. The van der Waals surface area contributed by atoms with E-state index in [0.29, 0.717) is 6.04 Å². The Bertz CT molecular complexity index is 360. The summed E-state index contributed by atoms with van der Waals surface area (Å²) in [6.07, 6.45) is 5.32. The second-order valence-electron chi connectivity index (χ2n) is 3.81. The first-order valence-corrected chi connectivity index (χ1v) is 5.80. The molecule has 0 bridgehead atoms. The van der Waals surface area contributed by atoms with Crippen molar-refractivity contribution in [3.05, 3.63) is 35.7 Å². The Hall–Kier alpha value is -0.850. The van der Waals surface area contributed by atoms with E-state index in [1.54, 1.807) is 12.5 Å². The fourth-order valence-electron chi connectivity index (χ4n) is 1.66. The molecule has 0 saturated carbocycles. The molecule has 2 N–H and O–H groups in total. The van der Waals surface area contributed by atoms with Crippen molar-refractivity contribution in [2.45, 2.75) is 19.9 Å². The van der Waals surface area contributed by atoms with Crippen molar-refractivity contribution in [1.82, 2.24) is 8.01 Å². The van der Waals surface area contributed by atoms with E-state index in [1.165, 1.54) is 0 Å². The molecule has 0 atom stereocenters. The summed E-state index contributed by atoms with van der Waals surface area (Å²) in [7, 11) is 0. The number of fused-ring (bicyclic) bond motifs is 1. The van der Waals surface area contributed by atoms with E-state index in [9.17, 15) is 0 Å². The Labute approximate surface area is 104 Å². The molecule has 0 amide bonds. The van der Waals surface area contributed by atoms with Gasteiger partial charge in [-0.3, -0.25) is 3.11 Å². The van der Waals surface area contributed by atoms with E-state index in [2.05, 4.69) is 41.6 Å². The maximum atomic E-state index is 6.02. The molecule has 2 aliphatic heterocycles. The largest absolute Gasteiger partial charge is 0.470 e. The lowest BCUT2D eigenvalue weighted by atomic mass is 10.1. The van der Waals surface area contributed by atoms with Crippen LogP contribution in [0, 0.1) is 0 Å². The van der Waals surface area contributed by atoms with Crippen LogP contribution >= 0.6 is 22.9 Å². The molecule has 0 aliphatic carbocycles. The van der Waals surface area contributed by atoms with Gasteiger partial charge < -0.3 is 15.4 Å². The third kappa shape index (κ3) is 1.80. The molecular weight excluding hydrogens is 305 g/mol. The second kappa shape index (κ2) is 3.96. The number of nitrogens with two attached hydrogens (primary N) is 1. The van der Waals surface area contributed by atoms with Gasteiger partial charge in [0.15, 0.2) is 0 Å². The summed E-state index contributed by atoms with van der Waals surface area (Å²) in [5.41, 5.74) is 8.12. The molecule has 15 heavy (non-hydrogen) atoms. The molecule has 0 saturated heterocycles. The number of halogens is 1. The van der Waals surface area contributed by atoms with E-state index in [-0.39, 0.29) is 0 Å². The van der Waals surface area contributed by atoms with E-state index < -0.39 is 0 Å². The van der Waals surface area contributed by atoms with Gasteiger partial charge in [-0.25, -0.2) is 0 Å². The van der Waals surface area contributed by atoms with Crippen LogP contribution in [0.4, 0.5) is 0 Å². The summed E-state index contributed by atoms with van der Waals surface area (Å²) in [6, 6.07) is 0.423. The molecule has 0 spiro atoms. The van der Waals surface area contributed by atoms with Crippen LogP contribution in [0.1, 0.15) is 13.8 Å². The van der Waals surface area contributed by atoms with Gasteiger partial charge in [0.2, 0.25) is 0 Å². The Kier molecular flexibility index (Phi) is 2.81. The topological polar surface area (TPSA) is 41.7 Å². The maximum absolute atomic E-state index is 6.02. The van der Waals surface area contributed by atoms with Gasteiger partial charge in [-0.15, -0.1) is 0 Å². The quantitative estimate of drug-likeness (QED) is 0.592. The molecule has 0 aromatic carbocycles. The summed E-state index contributed by atoms with van der Waals surface area (Å²) in [6.45, 7) is 5.10. The minimum absolute atomic E-state index is 0.423. The minimum Gasteiger partial charge on any atom is -0.470 e. The maximum Gasteiger partial charge on any atom is 0.119 e. The molecule has 0 aromatic heterocycles. The lowest BCUT2D eigenvalue weighted by Crippen LogP contribution is -2.43. The molecule has 5 heteroatoms. The molecule has 0 aromatic rings. The monoisotopic (exact) mass is 319 g/mol. The molecular formula is C10H14IN3O. The highest BCUT2D eigenvalue weighted by atomic mass is 127. The first-order chi connectivity index (χ1) is 7.11. The van der Waals surface area contributed by atoms with Crippen molar-refractivity contribution in [2.24, 2.45) is 5.73 Å². The molecule has 2 aliphatic rings. The van der Waals surface area contributed by atoms with Crippen molar-refractivity contribution in [1.29, 1.82) is 0 Å². The SMILES string of the molecule is CC(C)N1CN(I)C(N)=C2C=COC=C21. The molecule has 0 radical (unpaired) electrons. The number of rotatable bonds is 1. The molecule has 2 rings (SSSR count). The number of nitrogens with zero attached hydrogens (tertiary/aromatic N) is 2. The van der Waals surface area contributed by atoms with E-state index in [0.717, 1.165) is 23.8 Å². The molecule has 82 valence electrons. The van der Waals surface area contributed by atoms with Gasteiger partial charge in [0.1, 0.15) is 18.8 Å². The van der Waals surface area contributed by atoms with Gasteiger partial charge in [-0.2, -0.15) is 0 Å². The average molecular weight is 319 g/mol. The van der Waals surface area contributed by atoms with Crippen molar-refractivity contribution in [3.63, 3.8) is 0 Å². The third-order valence-electron chi connectivity index (χ3n) is 2.52. The van der Waals surface area contributed by atoms with Gasteiger partial charge in [0, 0.05) is 11.6 Å². The standard InChI is InChI=1S/C10H14IN3O/c1-7(2)13-6-14(11)10(12)8-3-4-15-5-9(8)13/h3-5,7H,6,12H2,1-2H3. The zero-order valence-electron chi connectivity index (χ0n) is 8.77. The Morgan fingerprint density at radius 2 is 2.27 bits per heavy atom. The summed E-state index contributed by atoms with van der Waals surface area (Å²) >= 11 is 2.23. The Morgan fingerprint density at radius 3 is 2.93 bits per heavy atom. The normalized spacial score (nSPS) is 20.4. The summed E-state index contributed by atoms with van der Waals surface area (Å²) in [5.74, 6) is 0.790.